The Morgan fingerprint density at radius 3 is 3.00 bits per heavy atom. The van der Waals surface area contributed by atoms with Crippen molar-refractivity contribution in [3.63, 3.8) is 0 Å². The van der Waals surface area contributed by atoms with Crippen molar-refractivity contribution in [1.29, 1.82) is 0 Å². The zero-order chi connectivity index (χ0) is 15.7. The van der Waals surface area contributed by atoms with Gasteiger partial charge in [-0.05, 0) is 33.1 Å². The van der Waals surface area contributed by atoms with E-state index in [2.05, 4.69) is 21.9 Å². The smallest absolute Gasteiger partial charge is 0.224 e. The van der Waals surface area contributed by atoms with Gasteiger partial charge in [0.15, 0.2) is 0 Å². The standard InChI is InChI=1S/C16H21N3O3/c1-10-12(11(2)22-19-10)8-15(21)17-9-16-6-3-4-13(16)18-14(20)5-7-16/h4H,3,5-9H2,1-2H3,(H,17,21)(H,18,20). The second-order valence-corrected chi connectivity index (χ2v) is 6.24. The number of piperidine rings is 1. The molecule has 22 heavy (non-hydrogen) atoms. The molecule has 1 unspecified atom stereocenters. The number of carbonyl (C=O) groups excluding carboxylic acids is 2. The lowest BCUT2D eigenvalue weighted by molar-refractivity contribution is -0.122. The van der Waals surface area contributed by atoms with Crippen LogP contribution in [0.25, 0.3) is 0 Å². The Morgan fingerprint density at radius 1 is 1.45 bits per heavy atom. The van der Waals surface area contributed by atoms with Crippen LogP contribution in [0, 0.1) is 19.3 Å². The van der Waals surface area contributed by atoms with Gasteiger partial charge in [-0.3, -0.25) is 9.59 Å². The Hall–Kier alpha value is -2.11. The Balaban J connectivity index is 1.61. The van der Waals surface area contributed by atoms with E-state index in [1.54, 1.807) is 0 Å². The van der Waals surface area contributed by atoms with Crippen LogP contribution in [0.3, 0.4) is 0 Å². The lowest BCUT2D eigenvalue weighted by Crippen LogP contribution is -2.46. The number of carbonyl (C=O) groups is 2. The molecule has 1 atom stereocenters. The number of nitrogens with zero attached hydrogens (tertiary/aromatic N) is 1. The second-order valence-electron chi connectivity index (χ2n) is 6.24. The molecule has 0 bridgehead atoms. The number of hydrogen-bond donors (Lipinski definition) is 2. The first-order chi connectivity index (χ1) is 10.5. The van der Waals surface area contributed by atoms with Gasteiger partial charge in [0.05, 0.1) is 12.1 Å². The molecule has 1 fully saturated rings. The van der Waals surface area contributed by atoms with Crippen LogP contribution < -0.4 is 10.6 Å². The van der Waals surface area contributed by atoms with Crippen molar-refractivity contribution in [3.05, 3.63) is 28.8 Å². The highest BCUT2D eigenvalue weighted by Crippen LogP contribution is 2.43. The molecule has 6 nitrogen and oxygen atoms in total. The number of aromatic nitrogens is 1. The predicted molar refractivity (Wildman–Crippen MR) is 79.8 cm³/mol. The van der Waals surface area contributed by atoms with E-state index in [0.29, 0.717) is 18.7 Å². The van der Waals surface area contributed by atoms with Crippen molar-refractivity contribution in [1.82, 2.24) is 15.8 Å². The number of allylic oxidation sites excluding steroid dienone is 1. The molecule has 0 saturated carbocycles. The lowest BCUT2D eigenvalue weighted by atomic mass is 9.77. The Bertz CT molecular complexity index is 628. The van der Waals surface area contributed by atoms with Crippen LogP contribution in [0.2, 0.25) is 0 Å². The fourth-order valence-electron chi connectivity index (χ4n) is 3.37. The molecule has 6 heteroatoms. The Morgan fingerprint density at radius 2 is 2.27 bits per heavy atom. The summed E-state index contributed by atoms with van der Waals surface area (Å²) in [5.41, 5.74) is 2.51. The maximum absolute atomic E-state index is 12.2. The number of fused-ring (bicyclic) bond motifs is 1. The molecular weight excluding hydrogens is 282 g/mol. The summed E-state index contributed by atoms with van der Waals surface area (Å²) in [5, 5.41) is 9.84. The van der Waals surface area contributed by atoms with Crippen LogP contribution >= 0.6 is 0 Å². The minimum absolute atomic E-state index is 0.0353. The predicted octanol–water partition coefficient (Wildman–Crippen LogP) is 1.52. The van der Waals surface area contributed by atoms with Crippen molar-refractivity contribution in [2.75, 3.05) is 6.54 Å². The number of nitrogens with one attached hydrogen (secondary N) is 2. The summed E-state index contributed by atoms with van der Waals surface area (Å²) >= 11 is 0. The number of amides is 2. The largest absolute Gasteiger partial charge is 0.361 e. The third-order valence-electron chi connectivity index (χ3n) is 4.79. The second kappa shape index (κ2) is 5.59. The van der Waals surface area contributed by atoms with Gasteiger partial charge in [-0.15, -0.1) is 0 Å². The monoisotopic (exact) mass is 303 g/mol. The molecule has 2 amide bonds. The van der Waals surface area contributed by atoms with Crippen LogP contribution in [0.1, 0.15) is 42.7 Å². The summed E-state index contributed by atoms with van der Waals surface area (Å²) in [6.45, 7) is 4.23. The van der Waals surface area contributed by atoms with Crippen LogP contribution in [0.4, 0.5) is 0 Å². The highest BCUT2D eigenvalue weighted by molar-refractivity contribution is 5.81. The van der Waals surface area contributed by atoms with E-state index in [1.165, 1.54) is 0 Å². The minimum atomic E-state index is -0.0949. The maximum atomic E-state index is 12.2. The van der Waals surface area contributed by atoms with Gasteiger partial charge >= 0.3 is 0 Å². The van der Waals surface area contributed by atoms with Crippen LogP contribution in [-0.4, -0.2) is 23.5 Å². The first-order valence-corrected chi connectivity index (χ1v) is 7.69. The zero-order valence-corrected chi connectivity index (χ0v) is 13.0. The lowest BCUT2D eigenvalue weighted by Gasteiger charge is -2.36. The highest BCUT2D eigenvalue weighted by atomic mass is 16.5. The maximum Gasteiger partial charge on any atom is 0.224 e. The first kappa shape index (κ1) is 14.8. The van der Waals surface area contributed by atoms with Crippen LogP contribution in [0.15, 0.2) is 16.3 Å². The van der Waals surface area contributed by atoms with Crippen molar-refractivity contribution < 1.29 is 14.1 Å². The normalized spacial score (nSPS) is 23.7. The minimum Gasteiger partial charge on any atom is -0.361 e. The van der Waals surface area contributed by atoms with Crippen molar-refractivity contribution in [2.24, 2.45) is 5.41 Å². The molecule has 3 rings (SSSR count). The molecule has 1 saturated heterocycles. The molecule has 118 valence electrons. The van der Waals surface area contributed by atoms with E-state index in [9.17, 15) is 9.59 Å². The zero-order valence-electron chi connectivity index (χ0n) is 13.0. The average Bonchev–Trinajstić information content (AvgIpc) is 3.03. The van der Waals surface area contributed by atoms with Gasteiger partial charge < -0.3 is 15.2 Å². The quantitative estimate of drug-likeness (QED) is 0.883. The van der Waals surface area contributed by atoms with E-state index >= 15 is 0 Å². The van der Waals surface area contributed by atoms with Crippen LogP contribution in [-0.2, 0) is 16.0 Å². The summed E-state index contributed by atoms with van der Waals surface area (Å²) in [6, 6.07) is 0. The van der Waals surface area contributed by atoms with Gasteiger partial charge in [-0.2, -0.15) is 0 Å². The van der Waals surface area contributed by atoms with Gasteiger partial charge in [-0.1, -0.05) is 11.2 Å². The first-order valence-electron chi connectivity index (χ1n) is 7.69. The number of rotatable bonds is 4. The number of aryl methyl sites for hydroxylation is 2. The molecule has 0 aromatic carbocycles. The molecule has 2 N–H and O–H groups in total. The highest BCUT2D eigenvalue weighted by Gasteiger charge is 2.41. The summed E-state index contributed by atoms with van der Waals surface area (Å²) < 4.78 is 5.08. The van der Waals surface area contributed by atoms with Crippen LogP contribution in [0.5, 0.6) is 0 Å². The van der Waals surface area contributed by atoms with Gasteiger partial charge in [0, 0.05) is 29.6 Å². The summed E-state index contributed by atoms with van der Waals surface area (Å²) in [5.74, 6) is 0.731. The van der Waals surface area contributed by atoms with E-state index in [1.807, 2.05) is 13.8 Å². The summed E-state index contributed by atoms with van der Waals surface area (Å²) in [4.78, 5) is 23.7. The van der Waals surface area contributed by atoms with E-state index in [4.69, 9.17) is 4.52 Å². The number of hydrogen-bond acceptors (Lipinski definition) is 4. The molecule has 2 aliphatic rings. The topological polar surface area (TPSA) is 84.2 Å². The Kier molecular flexibility index (Phi) is 3.76. The van der Waals surface area contributed by atoms with Gasteiger partial charge in [0.1, 0.15) is 5.76 Å². The fraction of sp³-hybridized carbons (Fsp3) is 0.562. The van der Waals surface area contributed by atoms with Crippen molar-refractivity contribution >= 4 is 11.8 Å². The van der Waals surface area contributed by atoms with Gasteiger partial charge in [0.2, 0.25) is 11.8 Å². The SMILES string of the molecule is Cc1noc(C)c1CC(=O)NCC12CCC=C1NC(=O)CC2. The molecule has 1 aliphatic heterocycles. The molecule has 1 aromatic rings. The molecule has 1 aliphatic carbocycles. The molecule has 0 spiro atoms. The third kappa shape index (κ3) is 2.65. The molecular formula is C16H21N3O3. The summed E-state index contributed by atoms with van der Waals surface area (Å²) in [6.07, 6.45) is 5.62. The summed E-state index contributed by atoms with van der Waals surface area (Å²) in [7, 11) is 0. The van der Waals surface area contributed by atoms with Crippen molar-refractivity contribution in [2.45, 2.75) is 46.0 Å². The van der Waals surface area contributed by atoms with E-state index in [-0.39, 0.29) is 23.7 Å². The van der Waals surface area contributed by atoms with E-state index in [0.717, 1.165) is 36.2 Å². The fourth-order valence-corrected chi connectivity index (χ4v) is 3.37. The average molecular weight is 303 g/mol. The Labute approximate surface area is 129 Å². The molecule has 0 radical (unpaired) electrons. The van der Waals surface area contributed by atoms with Gasteiger partial charge in [0.25, 0.3) is 0 Å². The molecule has 2 heterocycles. The van der Waals surface area contributed by atoms with Crippen molar-refractivity contribution in [3.8, 4) is 0 Å². The molecule has 1 aromatic heterocycles. The van der Waals surface area contributed by atoms with Gasteiger partial charge in [-0.25, -0.2) is 0 Å². The third-order valence-corrected chi connectivity index (χ3v) is 4.79. The van der Waals surface area contributed by atoms with E-state index < -0.39 is 0 Å².